The SMILES string of the molecule is Cc1cc(C(C)N[S@+]([O-])C(C)(C)C)cnc1OCC(F)(F)C(F)F. The lowest BCUT2D eigenvalue weighted by atomic mass is 10.1. The predicted octanol–water partition coefficient (Wildman–Crippen LogP) is 3.78. The number of nitrogens with one attached hydrogen (secondary N) is 1. The fraction of sp³-hybridized carbons (Fsp3) is 0.667. The van der Waals surface area contributed by atoms with Gasteiger partial charge in [0, 0.05) is 23.1 Å². The molecule has 0 saturated carbocycles. The van der Waals surface area contributed by atoms with E-state index in [1.807, 2.05) is 20.8 Å². The summed E-state index contributed by atoms with van der Waals surface area (Å²) >= 11 is -1.29. The third kappa shape index (κ3) is 5.78. The number of rotatable bonds is 7. The summed E-state index contributed by atoms with van der Waals surface area (Å²) in [6.45, 7) is 7.39. The Labute approximate surface area is 142 Å². The van der Waals surface area contributed by atoms with Gasteiger partial charge in [0.25, 0.3) is 0 Å². The molecule has 9 heteroatoms. The number of hydrogen-bond acceptors (Lipinski definition) is 4. The van der Waals surface area contributed by atoms with Gasteiger partial charge in [-0.05, 0) is 46.2 Å². The molecule has 0 saturated heterocycles. The van der Waals surface area contributed by atoms with E-state index in [0.717, 1.165) is 0 Å². The second-order valence-electron chi connectivity index (χ2n) is 6.46. The first-order valence-corrected chi connectivity index (χ1v) is 8.43. The molecular formula is C15H22F4N2O2S. The van der Waals surface area contributed by atoms with Crippen LogP contribution in [0.25, 0.3) is 0 Å². The topological polar surface area (TPSA) is 57.2 Å². The molecule has 1 heterocycles. The van der Waals surface area contributed by atoms with E-state index < -0.39 is 35.1 Å². The lowest BCUT2D eigenvalue weighted by Gasteiger charge is -2.26. The second kappa shape index (κ2) is 7.88. The van der Waals surface area contributed by atoms with Gasteiger partial charge in [0.1, 0.15) is 4.75 Å². The molecule has 1 aromatic rings. The van der Waals surface area contributed by atoms with Crippen LogP contribution in [0.5, 0.6) is 5.88 Å². The molecule has 4 nitrogen and oxygen atoms in total. The summed E-state index contributed by atoms with van der Waals surface area (Å²) in [6, 6.07) is 1.33. The fourth-order valence-electron chi connectivity index (χ4n) is 1.60. The minimum absolute atomic E-state index is 0.136. The maximum atomic E-state index is 12.9. The quantitative estimate of drug-likeness (QED) is 0.586. The van der Waals surface area contributed by atoms with E-state index in [1.54, 1.807) is 19.9 Å². The van der Waals surface area contributed by atoms with Gasteiger partial charge in [-0.3, -0.25) is 0 Å². The van der Waals surface area contributed by atoms with Gasteiger partial charge < -0.3 is 9.29 Å². The van der Waals surface area contributed by atoms with Crippen molar-refractivity contribution in [2.75, 3.05) is 6.61 Å². The van der Waals surface area contributed by atoms with Crippen molar-refractivity contribution >= 4 is 11.4 Å². The first-order chi connectivity index (χ1) is 10.8. The summed E-state index contributed by atoms with van der Waals surface area (Å²) in [7, 11) is 0. The van der Waals surface area contributed by atoms with E-state index in [2.05, 4.69) is 9.71 Å². The molecule has 0 radical (unpaired) electrons. The van der Waals surface area contributed by atoms with Gasteiger partial charge in [-0.1, -0.05) is 0 Å². The zero-order valence-electron chi connectivity index (χ0n) is 14.2. The van der Waals surface area contributed by atoms with Crippen molar-refractivity contribution in [2.45, 2.75) is 57.8 Å². The molecule has 0 spiro atoms. The Hall–Kier alpha value is -1.06. The first kappa shape index (κ1) is 21.0. The van der Waals surface area contributed by atoms with Crippen LogP contribution in [0.2, 0.25) is 0 Å². The molecule has 1 N–H and O–H groups in total. The van der Waals surface area contributed by atoms with Gasteiger partial charge in [-0.2, -0.15) is 8.78 Å². The van der Waals surface area contributed by atoms with Gasteiger partial charge in [0.05, 0.1) is 6.04 Å². The number of aryl methyl sites for hydroxylation is 1. The number of pyridine rings is 1. The molecular weight excluding hydrogens is 348 g/mol. The molecule has 0 bridgehead atoms. The molecule has 0 aliphatic heterocycles. The Balaban J connectivity index is 2.77. The lowest BCUT2D eigenvalue weighted by Crippen LogP contribution is -2.40. The number of ether oxygens (including phenoxy) is 1. The van der Waals surface area contributed by atoms with E-state index >= 15 is 0 Å². The van der Waals surface area contributed by atoms with E-state index in [0.29, 0.717) is 11.1 Å². The third-order valence-corrected chi connectivity index (χ3v) is 4.79. The van der Waals surface area contributed by atoms with Crippen LogP contribution in [-0.4, -0.2) is 33.2 Å². The molecule has 0 aliphatic rings. The van der Waals surface area contributed by atoms with E-state index in [-0.39, 0.29) is 11.9 Å². The Morgan fingerprint density at radius 3 is 2.38 bits per heavy atom. The summed E-state index contributed by atoms with van der Waals surface area (Å²) < 4.78 is 69.3. The molecule has 1 rings (SSSR count). The summed E-state index contributed by atoms with van der Waals surface area (Å²) in [4.78, 5) is 3.89. The minimum atomic E-state index is -4.23. The Kier molecular flexibility index (Phi) is 6.89. The smallest absolute Gasteiger partial charge is 0.340 e. The van der Waals surface area contributed by atoms with E-state index in [4.69, 9.17) is 4.74 Å². The summed E-state index contributed by atoms with van der Waals surface area (Å²) in [6.07, 6.45) is -2.42. The largest absolute Gasteiger partial charge is 0.598 e. The highest BCUT2D eigenvalue weighted by molar-refractivity contribution is 7.90. The number of aromatic nitrogens is 1. The Bertz CT molecular complexity index is 553. The molecule has 0 fully saturated rings. The van der Waals surface area contributed by atoms with E-state index in [9.17, 15) is 22.1 Å². The average Bonchev–Trinajstić information content (AvgIpc) is 2.44. The minimum Gasteiger partial charge on any atom is -0.598 e. The van der Waals surface area contributed by atoms with Crippen LogP contribution in [0.1, 0.15) is 44.9 Å². The highest BCUT2D eigenvalue weighted by Crippen LogP contribution is 2.26. The maximum Gasteiger partial charge on any atom is 0.340 e. The van der Waals surface area contributed by atoms with Crippen molar-refractivity contribution in [2.24, 2.45) is 0 Å². The number of halogens is 4. The summed E-state index contributed by atoms with van der Waals surface area (Å²) in [5, 5.41) is 0. The highest BCUT2D eigenvalue weighted by atomic mass is 32.2. The van der Waals surface area contributed by atoms with Gasteiger partial charge in [0.2, 0.25) is 5.88 Å². The van der Waals surface area contributed by atoms with Gasteiger partial charge in [0.15, 0.2) is 6.61 Å². The molecule has 0 aliphatic carbocycles. The van der Waals surface area contributed by atoms with Crippen molar-refractivity contribution in [3.05, 3.63) is 23.4 Å². The van der Waals surface area contributed by atoms with Crippen molar-refractivity contribution in [3.63, 3.8) is 0 Å². The maximum absolute atomic E-state index is 12.9. The van der Waals surface area contributed by atoms with Crippen LogP contribution in [0.3, 0.4) is 0 Å². The van der Waals surface area contributed by atoms with Crippen LogP contribution in [0, 0.1) is 6.92 Å². The van der Waals surface area contributed by atoms with Crippen molar-refractivity contribution < 1.29 is 26.9 Å². The summed E-state index contributed by atoms with van der Waals surface area (Å²) in [5.74, 6) is -4.37. The number of hydrogen-bond donors (Lipinski definition) is 1. The second-order valence-corrected chi connectivity index (χ2v) is 8.46. The van der Waals surface area contributed by atoms with Crippen molar-refractivity contribution in [1.29, 1.82) is 0 Å². The summed E-state index contributed by atoms with van der Waals surface area (Å²) in [5.41, 5.74) is 1.10. The third-order valence-electron chi connectivity index (χ3n) is 3.11. The van der Waals surface area contributed by atoms with Crippen LogP contribution in [0.15, 0.2) is 12.3 Å². The van der Waals surface area contributed by atoms with Gasteiger partial charge in [-0.15, -0.1) is 4.72 Å². The lowest BCUT2D eigenvalue weighted by molar-refractivity contribution is -0.148. The molecule has 0 aromatic carbocycles. The zero-order chi connectivity index (χ0) is 18.7. The molecule has 24 heavy (non-hydrogen) atoms. The zero-order valence-corrected chi connectivity index (χ0v) is 15.0. The first-order valence-electron chi connectivity index (χ1n) is 7.28. The molecule has 1 aromatic heterocycles. The normalized spacial score (nSPS) is 15.5. The standard InChI is InChI=1S/C15H22F4N2O2S/c1-9-6-11(10(2)21-24(22)14(3,4)5)7-20-12(9)23-8-15(18,19)13(16)17/h6-7,10,13,21H,8H2,1-5H3/t10?,24-/m1/s1. The molecule has 1 unspecified atom stereocenters. The van der Waals surface area contributed by atoms with Crippen molar-refractivity contribution in [1.82, 2.24) is 9.71 Å². The van der Waals surface area contributed by atoms with Gasteiger partial charge in [-0.25, -0.2) is 13.8 Å². The average molecular weight is 370 g/mol. The Morgan fingerprint density at radius 1 is 1.33 bits per heavy atom. The van der Waals surface area contributed by atoms with Crippen LogP contribution in [0.4, 0.5) is 17.6 Å². The van der Waals surface area contributed by atoms with Crippen molar-refractivity contribution in [3.8, 4) is 5.88 Å². The van der Waals surface area contributed by atoms with Crippen LogP contribution in [-0.2, 0) is 11.4 Å². The Morgan fingerprint density at radius 2 is 1.92 bits per heavy atom. The molecule has 2 atom stereocenters. The fourth-order valence-corrected chi connectivity index (χ4v) is 2.42. The number of nitrogens with zero attached hydrogens (tertiary/aromatic N) is 1. The van der Waals surface area contributed by atoms with Crippen LogP contribution >= 0.6 is 0 Å². The molecule has 0 amide bonds. The predicted molar refractivity (Wildman–Crippen MR) is 84.9 cm³/mol. The highest BCUT2D eigenvalue weighted by Gasteiger charge is 2.42. The monoisotopic (exact) mass is 370 g/mol. The molecule has 138 valence electrons. The van der Waals surface area contributed by atoms with Gasteiger partial charge >= 0.3 is 12.3 Å². The number of alkyl halides is 4. The van der Waals surface area contributed by atoms with E-state index in [1.165, 1.54) is 6.20 Å². The van der Waals surface area contributed by atoms with Crippen LogP contribution < -0.4 is 9.46 Å².